The minimum Gasteiger partial charge on any atom is -0.489 e. The van der Waals surface area contributed by atoms with Crippen LogP contribution in [0.25, 0.3) is 4.85 Å². The van der Waals surface area contributed by atoms with Crippen molar-refractivity contribution in [1.82, 2.24) is 9.88 Å². The predicted molar refractivity (Wildman–Crippen MR) is 137 cm³/mol. The number of anilines is 2. The molecule has 3 aliphatic rings. The minimum absolute atomic E-state index is 0.132. The molecule has 1 aromatic carbocycles. The number of nitrogens with zero attached hydrogens (tertiary/aromatic N) is 5. The summed E-state index contributed by atoms with van der Waals surface area (Å²) >= 11 is 5.76. The van der Waals surface area contributed by atoms with Crippen LogP contribution in [-0.4, -0.2) is 52.7 Å². The summed E-state index contributed by atoms with van der Waals surface area (Å²) in [5, 5.41) is 0.296. The fourth-order valence-corrected chi connectivity index (χ4v) is 5.68. The van der Waals surface area contributed by atoms with Crippen molar-refractivity contribution in [2.75, 3.05) is 36.0 Å². The highest BCUT2D eigenvalue weighted by Crippen LogP contribution is 2.48. The van der Waals surface area contributed by atoms with Crippen molar-refractivity contribution in [3.05, 3.63) is 53.3 Å². The number of amides is 1. The highest BCUT2D eigenvalue weighted by molar-refractivity contribution is 7.81. The molecule has 2 aromatic rings. The van der Waals surface area contributed by atoms with E-state index in [0.29, 0.717) is 47.3 Å². The second-order valence-electron chi connectivity index (χ2n) is 9.45. The van der Waals surface area contributed by atoms with Gasteiger partial charge in [0.1, 0.15) is 18.3 Å². The molecule has 5 rings (SSSR count). The lowest BCUT2D eigenvalue weighted by atomic mass is 9.75. The molecule has 1 aliphatic carbocycles. The van der Waals surface area contributed by atoms with Crippen LogP contribution in [0.1, 0.15) is 44.1 Å². The van der Waals surface area contributed by atoms with Gasteiger partial charge in [-0.1, -0.05) is 13.0 Å². The first-order valence-electron chi connectivity index (χ1n) is 12.1. The van der Waals surface area contributed by atoms with Gasteiger partial charge in [0.15, 0.2) is 16.7 Å². The van der Waals surface area contributed by atoms with Crippen molar-refractivity contribution in [2.45, 2.75) is 51.0 Å². The molecule has 0 unspecified atom stereocenters. The number of rotatable bonds is 6. The van der Waals surface area contributed by atoms with Gasteiger partial charge in [-0.2, -0.15) is 0 Å². The summed E-state index contributed by atoms with van der Waals surface area (Å²) in [5.74, 6) is -0.105. The van der Waals surface area contributed by atoms with E-state index >= 15 is 4.39 Å². The lowest BCUT2D eigenvalue weighted by molar-refractivity contribution is -0.123. The fraction of sp³-hybridized carbons (Fsp3) is 0.462. The number of ether oxygens (including phenoxy) is 1. The number of hydrogen-bond donors (Lipinski definition) is 0. The maximum Gasteiger partial charge on any atom is 0.272 e. The quantitative estimate of drug-likeness (QED) is 0.417. The molecule has 1 aromatic heterocycles. The first kappa shape index (κ1) is 23.6. The third kappa shape index (κ3) is 4.15. The van der Waals surface area contributed by atoms with Crippen LogP contribution in [-0.2, 0) is 4.79 Å². The highest BCUT2D eigenvalue weighted by atomic mass is 32.1. The molecule has 3 fully saturated rings. The molecule has 0 N–H and O–H groups in total. The number of halogens is 1. The number of likely N-dealkylation sites (tertiary alicyclic amines) is 1. The van der Waals surface area contributed by atoms with Crippen molar-refractivity contribution in [2.24, 2.45) is 0 Å². The smallest absolute Gasteiger partial charge is 0.272 e. The summed E-state index contributed by atoms with van der Waals surface area (Å²) in [6, 6.07) is 6.55. The van der Waals surface area contributed by atoms with E-state index in [1.165, 1.54) is 36.4 Å². The van der Waals surface area contributed by atoms with Gasteiger partial charge in [0.25, 0.3) is 11.7 Å². The molecule has 0 radical (unpaired) electrons. The van der Waals surface area contributed by atoms with E-state index in [2.05, 4.69) is 14.7 Å². The Balaban J connectivity index is 1.37. The van der Waals surface area contributed by atoms with E-state index < -0.39 is 11.4 Å². The lowest BCUT2D eigenvalue weighted by Gasteiger charge is -2.43. The topological polar surface area (TPSA) is 53.3 Å². The molecule has 1 amide bonds. The van der Waals surface area contributed by atoms with Crippen LogP contribution in [0, 0.1) is 19.3 Å². The SMILES string of the molecule is [C-]#[N+]c1ncc(N2C(=O)C3(CCC3)N(c3ccc(OCCN4CCCCC4)c(F)c3)C2=S)cc1C. The Morgan fingerprint density at radius 3 is 2.57 bits per heavy atom. The van der Waals surface area contributed by atoms with Crippen molar-refractivity contribution in [3.8, 4) is 5.75 Å². The number of benzene rings is 1. The van der Waals surface area contributed by atoms with E-state index in [4.69, 9.17) is 23.5 Å². The van der Waals surface area contributed by atoms with Gasteiger partial charge in [-0.25, -0.2) is 4.39 Å². The Hall–Kier alpha value is -3.09. The predicted octanol–water partition coefficient (Wildman–Crippen LogP) is 5.01. The molecule has 3 heterocycles. The summed E-state index contributed by atoms with van der Waals surface area (Å²) in [6.45, 7) is 12.4. The summed E-state index contributed by atoms with van der Waals surface area (Å²) < 4.78 is 20.8. The second-order valence-corrected chi connectivity index (χ2v) is 9.82. The molecule has 2 saturated heterocycles. The zero-order valence-corrected chi connectivity index (χ0v) is 20.6. The maximum atomic E-state index is 15.1. The molecular formula is C26H28FN5O2S. The van der Waals surface area contributed by atoms with Crippen molar-refractivity contribution >= 4 is 40.4 Å². The van der Waals surface area contributed by atoms with Crippen molar-refractivity contribution in [3.63, 3.8) is 0 Å². The first-order chi connectivity index (χ1) is 16.9. The van der Waals surface area contributed by atoms with Crippen LogP contribution in [0.5, 0.6) is 5.75 Å². The Bertz CT molecular complexity index is 1200. The lowest BCUT2D eigenvalue weighted by Crippen LogP contribution is -2.55. The molecular weight excluding hydrogens is 465 g/mol. The Kier molecular flexibility index (Phi) is 6.43. The molecule has 2 aliphatic heterocycles. The highest BCUT2D eigenvalue weighted by Gasteiger charge is 2.59. The first-order valence-corrected chi connectivity index (χ1v) is 12.5. The molecule has 1 saturated carbocycles. The molecule has 0 bridgehead atoms. The number of pyridine rings is 1. The Morgan fingerprint density at radius 2 is 1.94 bits per heavy atom. The average molecular weight is 494 g/mol. The zero-order valence-electron chi connectivity index (χ0n) is 19.8. The van der Waals surface area contributed by atoms with Gasteiger partial charge in [-0.05, 0) is 88.1 Å². The number of carbonyl (C=O) groups is 1. The molecule has 182 valence electrons. The summed E-state index contributed by atoms with van der Waals surface area (Å²) in [6.07, 6.45) is 7.36. The van der Waals surface area contributed by atoms with Gasteiger partial charge in [0.05, 0.1) is 5.69 Å². The number of hydrogen-bond acceptors (Lipinski definition) is 5. The van der Waals surface area contributed by atoms with E-state index in [0.717, 1.165) is 26.1 Å². The van der Waals surface area contributed by atoms with Gasteiger partial charge in [-0.3, -0.25) is 14.6 Å². The molecule has 35 heavy (non-hydrogen) atoms. The standard InChI is InChI=1S/C26H28FN5O2S/c1-18-15-20(17-29-23(18)28-2)31-24(33)26(9-6-10-26)32(25(31)35)19-7-8-22(21(27)16-19)34-14-13-30-11-4-3-5-12-30/h7-8,15-17H,3-6,9-14H2,1H3. The molecule has 9 heteroatoms. The Labute approximate surface area is 210 Å². The molecule has 0 atom stereocenters. The fourth-order valence-electron chi connectivity index (χ4n) is 5.21. The average Bonchev–Trinajstić information content (AvgIpc) is 3.07. The van der Waals surface area contributed by atoms with Crippen molar-refractivity contribution < 1.29 is 13.9 Å². The van der Waals surface area contributed by atoms with E-state index in [9.17, 15) is 4.79 Å². The van der Waals surface area contributed by atoms with E-state index in [1.807, 2.05) is 0 Å². The third-order valence-electron chi connectivity index (χ3n) is 7.28. The van der Waals surface area contributed by atoms with Gasteiger partial charge in [0.2, 0.25) is 0 Å². The van der Waals surface area contributed by atoms with E-state index in [1.54, 1.807) is 30.0 Å². The maximum absolute atomic E-state index is 15.1. The normalized spacial score (nSPS) is 19.7. The van der Waals surface area contributed by atoms with Crippen LogP contribution < -0.4 is 14.5 Å². The number of thiocarbonyl (C=S) groups is 1. The van der Waals surface area contributed by atoms with Crippen LogP contribution in [0.4, 0.5) is 21.6 Å². The minimum atomic E-state index is -0.813. The number of aromatic nitrogens is 1. The monoisotopic (exact) mass is 493 g/mol. The van der Waals surface area contributed by atoms with Gasteiger partial charge < -0.3 is 14.5 Å². The number of piperidine rings is 1. The Morgan fingerprint density at radius 1 is 1.17 bits per heavy atom. The summed E-state index contributed by atoms with van der Waals surface area (Å²) in [4.78, 5) is 26.8. The molecule has 1 spiro atoms. The van der Waals surface area contributed by atoms with Crippen molar-refractivity contribution in [1.29, 1.82) is 0 Å². The largest absolute Gasteiger partial charge is 0.489 e. The second kappa shape index (κ2) is 9.51. The van der Waals surface area contributed by atoms with Crippen LogP contribution in [0.2, 0.25) is 0 Å². The summed E-state index contributed by atoms with van der Waals surface area (Å²) in [5.41, 5.74) is 0.920. The molecule has 7 nitrogen and oxygen atoms in total. The van der Waals surface area contributed by atoms with Gasteiger partial charge >= 0.3 is 0 Å². The summed E-state index contributed by atoms with van der Waals surface area (Å²) in [7, 11) is 0. The third-order valence-corrected chi connectivity index (χ3v) is 7.65. The van der Waals surface area contributed by atoms with Gasteiger partial charge in [-0.15, -0.1) is 4.98 Å². The zero-order chi connectivity index (χ0) is 24.6. The van der Waals surface area contributed by atoms with Crippen LogP contribution in [0.15, 0.2) is 30.5 Å². The number of carbonyl (C=O) groups excluding carboxylic acids is 1. The number of aryl methyl sites for hydroxylation is 1. The van der Waals surface area contributed by atoms with Gasteiger partial charge in [0, 0.05) is 18.3 Å². The van der Waals surface area contributed by atoms with Crippen LogP contribution in [0.3, 0.4) is 0 Å². The van der Waals surface area contributed by atoms with Crippen LogP contribution >= 0.6 is 12.2 Å². The van der Waals surface area contributed by atoms with E-state index in [-0.39, 0.29) is 11.7 Å².